The molecule has 2 atom stereocenters. The van der Waals surface area contributed by atoms with E-state index in [9.17, 15) is 15.4 Å². The van der Waals surface area contributed by atoms with Gasteiger partial charge in [-0.15, -0.1) is 0 Å². The molecule has 0 spiro atoms. The fourth-order valence-electron chi connectivity index (χ4n) is 3.10. The molecule has 1 saturated carbocycles. The molecule has 0 radical (unpaired) electrons. The summed E-state index contributed by atoms with van der Waals surface area (Å²) in [6, 6.07) is 7.52. The van der Waals surface area contributed by atoms with E-state index in [1.807, 2.05) is 6.07 Å². The number of hydrogen-bond acceptors (Lipinski definition) is 3. The van der Waals surface area contributed by atoms with E-state index in [0.29, 0.717) is 16.8 Å². The summed E-state index contributed by atoms with van der Waals surface area (Å²) in [5, 5.41) is 20.5. The fraction of sp³-hybridized carbons (Fsp3) is 0.533. The molecule has 0 saturated heterocycles. The van der Waals surface area contributed by atoms with Crippen LogP contribution in [0.2, 0.25) is 0 Å². The first-order valence-electron chi connectivity index (χ1n) is 6.84. The lowest BCUT2D eigenvalue weighted by Crippen LogP contribution is -2.18. The maximum atomic E-state index is 11.0. The zero-order valence-electron chi connectivity index (χ0n) is 11.4. The molecule has 0 heterocycles. The van der Waals surface area contributed by atoms with Crippen LogP contribution < -0.4 is 0 Å². The van der Waals surface area contributed by atoms with E-state index in [1.165, 1.54) is 6.07 Å². The smallest absolute Gasteiger partial charge is 0.258 e. The lowest BCUT2D eigenvalue weighted by molar-refractivity contribution is -0.385. The van der Waals surface area contributed by atoms with Crippen molar-refractivity contribution in [2.45, 2.75) is 39.0 Å². The molecule has 1 aliphatic carbocycles. The van der Waals surface area contributed by atoms with Gasteiger partial charge >= 0.3 is 0 Å². The highest BCUT2D eigenvalue weighted by atomic mass is 79.9. The van der Waals surface area contributed by atoms with Crippen LogP contribution >= 0.6 is 15.9 Å². The molecule has 4 nitrogen and oxygen atoms in total. The second kappa shape index (κ2) is 5.92. The number of benzene rings is 1. The van der Waals surface area contributed by atoms with Gasteiger partial charge in [0.15, 0.2) is 0 Å². The average molecular weight is 337 g/mol. The van der Waals surface area contributed by atoms with E-state index in [0.717, 1.165) is 31.2 Å². The fourth-order valence-corrected chi connectivity index (χ4v) is 3.64. The second-order valence-electron chi connectivity index (χ2n) is 5.59. The number of rotatable bonds is 4. The molecule has 1 aromatic carbocycles. The van der Waals surface area contributed by atoms with Crippen molar-refractivity contribution in [1.29, 1.82) is 5.26 Å². The summed E-state index contributed by atoms with van der Waals surface area (Å²) in [6.45, 7) is 2.15. The minimum Gasteiger partial charge on any atom is -0.258 e. The molecular weight excluding hydrogens is 320 g/mol. The predicted molar refractivity (Wildman–Crippen MR) is 80.2 cm³/mol. The number of nitrogens with zero attached hydrogens (tertiary/aromatic N) is 2. The minimum atomic E-state index is -0.393. The number of nitro groups is 1. The van der Waals surface area contributed by atoms with Crippen molar-refractivity contribution in [3.63, 3.8) is 0 Å². The van der Waals surface area contributed by atoms with Crippen molar-refractivity contribution < 1.29 is 4.92 Å². The molecule has 2 unspecified atom stereocenters. The molecule has 0 bridgehead atoms. The summed E-state index contributed by atoms with van der Waals surface area (Å²) < 4.78 is 0.513. The lowest BCUT2D eigenvalue weighted by Gasteiger charge is -2.21. The van der Waals surface area contributed by atoms with Crippen molar-refractivity contribution in [2.75, 3.05) is 0 Å². The number of hydrogen-bond donors (Lipinski definition) is 0. The van der Waals surface area contributed by atoms with Gasteiger partial charge in [0.1, 0.15) is 0 Å². The number of halogens is 1. The van der Waals surface area contributed by atoms with Crippen LogP contribution in [0.4, 0.5) is 5.69 Å². The zero-order valence-corrected chi connectivity index (χ0v) is 13.0. The van der Waals surface area contributed by atoms with Crippen LogP contribution in [0.5, 0.6) is 0 Å². The van der Waals surface area contributed by atoms with Crippen molar-refractivity contribution in [3.05, 3.63) is 38.3 Å². The molecule has 20 heavy (non-hydrogen) atoms. The molecule has 5 heteroatoms. The predicted octanol–water partition coefficient (Wildman–Crippen LogP) is 4.62. The van der Waals surface area contributed by atoms with Crippen LogP contribution in [0, 0.1) is 32.8 Å². The minimum absolute atomic E-state index is 0.0700. The molecular formula is C15H17BrN2O2. The van der Waals surface area contributed by atoms with Gasteiger partial charge in [0, 0.05) is 6.07 Å². The molecule has 106 valence electrons. The third kappa shape index (κ3) is 2.85. The van der Waals surface area contributed by atoms with Crippen LogP contribution in [0.15, 0.2) is 22.7 Å². The van der Waals surface area contributed by atoms with Crippen LogP contribution in [0.3, 0.4) is 0 Å². The van der Waals surface area contributed by atoms with Gasteiger partial charge < -0.3 is 0 Å². The summed E-state index contributed by atoms with van der Waals surface area (Å²) in [5.41, 5.74) is 0.566. The van der Waals surface area contributed by atoms with E-state index in [-0.39, 0.29) is 11.1 Å². The summed E-state index contributed by atoms with van der Waals surface area (Å²) in [6.07, 6.45) is 4.55. The van der Waals surface area contributed by atoms with E-state index < -0.39 is 4.92 Å². The van der Waals surface area contributed by atoms with Crippen molar-refractivity contribution in [3.8, 4) is 6.07 Å². The number of nitriles is 1. The Morgan fingerprint density at radius 2 is 2.35 bits per heavy atom. The van der Waals surface area contributed by atoms with Crippen molar-refractivity contribution >= 4 is 21.6 Å². The molecule has 1 aromatic rings. The van der Waals surface area contributed by atoms with Gasteiger partial charge in [-0.1, -0.05) is 25.5 Å². The van der Waals surface area contributed by atoms with Crippen LogP contribution in [0.25, 0.3) is 0 Å². The highest BCUT2D eigenvalue weighted by Gasteiger charge is 2.39. The third-order valence-corrected chi connectivity index (χ3v) is 5.22. The average Bonchev–Trinajstić information content (AvgIpc) is 2.85. The summed E-state index contributed by atoms with van der Waals surface area (Å²) in [7, 11) is 0. The maximum Gasteiger partial charge on any atom is 0.283 e. The van der Waals surface area contributed by atoms with Crippen molar-refractivity contribution in [2.24, 2.45) is 11.3 Å². The summed E-state index contributed by atoms with van der Waals surface area (Å²) in [4.78, 5) is 10.6. The first-order chi connectivity index (χ1) is 9.51. The monoisotopic (exact) mass is 336 g/mol. The van der Waals surface area contributed by atoms with Crippen molar-refractivity contribution in [1.82, 2.24) is 0 Å². The zero-order chi connectivity index (χ0) is 14.8. The van der Waals surface area contributed by atoms with Crippen LogP contribution in [-0.2, 0) is 6.42 Å². The van der Waals surface area contributed by atoms with Crippen LogP contribution in [0.1, 0.15) is 38.2 Å². The highest BCUT2D eigenvalue weighted by molar-refractivity contribution is 9.10. The standard InChI is InChI=1S/C15H17BrN2O2/c1-2-11-6-7-15(8-11,10-17)9-12-4-3-5-13(14(12)16)18(19)20/h3-5,11H,2,6-9H2,1H3. The van der Waals surface area contributed by atoms with E-state index in [2.05, 4.69) is 28.9 Å². The van der Waals surface area contributed by atoms with E-state index >= 15 is 0 Å². The topological polar surface area (TPSA) is 66.9 Å². The van der Waals surface area contributed by atoms with E-state index in [1.54, 1.807) is 6.07 Å². The Morgan fingerprint density at radius 3 is 2.90 bits per heavy atom. The first kappa shape index (κ1) is 15.0. The number of nitro benzene ring substituents is 1. The second-order valence-corrected chi connectivity index (χ2v) is 6.39. The Hall–Kier alpha value is -1.41. The van der Waals surface area contributed by atoms with Gasteiger partial charge in [-0.05, 0) is 53.1 Å². The van der Waals surface area contributed by atoms with Gasteiger partial charge in [0.05, 0.1) is 20.9 Å². The first-order valence-corrected chi connectivity index (χ1v) is 7.63. The molecule has 2 rings (SSSR count). The molecule has 0 aliphatic heterocycles. The van der Waals surface area contributed by atoms with Gasteiger partial charge in [-0.25, -0.2) is 0 Å². The van der Waals surface area contributed by atoms with Gasteiger partial charge in [-0.2, -0.15) is 5.26 Å². The Bertz CT molecular complexity index is 567. The van der Waals surface area contributed by atoms with Crippen LogP contribution in [-0.4, -0.2) is 4.92 Å². The Labute approximate surface area is 127 Å². The maximum absolute atomic E-state index is 11.0. The summed E-state index contributed by atoms with van der Waals surface area (Å²) in [5.74, 6) is 0.604. The Kier molecular flexibility index (Phi) is 4.44. The quantitative estimate of drug-likeness (QED) is 0.595. The SMILES string of the molecule is CCC1CCC(C#N)(Cc2cccc([N+](=O)[O-])c2Br)C1. The Morgan fingerprint density at radius 1 is 1.60 bits per heavy atom. The van der Waals surface area contributed by atoms with Gasteiger partial charge in [0.2, 0.25) is 0 Å². The normalized spacial score (nSPS) is 25.4. The Balaban J connectivity index is 2.28. The van der Waals surface area contributed by atoms with Gasteiger partial charge in [-0.3, -0.25) is 10.1 Å². The molecule has 0 aromatic heterocycles. The third-order valence-electron chi connectivity index (χ3n) is 4.31. The van der Waals surface area contributed by atoms with Gasteiger partial charge in [0.25, 0.3) is 5.69 Å². The van der Waals surface area contributed by atoms with E-state index in [4.69, 9.17) is 0 Å². The highest BCUT2D eigenvalue weighted by Crippen LogP contribution is 2.46. The molecule has 1 aliphatic rings. The molecule has 0 N–H and O–H groups in total. The largest absolute Gasteiger partial charge is 0.283 e. The lowest BCUT2D eigenvalue weighted by atomic mass is 9.80. The summed E-state index contributed by atoms with van der Waals surface area (Å²) >= 11 is 3.32. The molecule has 0 amide bonds. The molecule has 1 fully saturated rings.